The summed E-state index contributed by atoms with van der Waals surface area (Å²) in [4.78, 5) is 0. The Labute approximate surface area is 140 Å². The maximum absolute atomic E-state index is 6.50. The van der Waals surface area contributed by atoms with Gasteiger partial charge in [-0.1, -0.05) is 52.5 Å². The van der Waals surface area contributed by atoms with E-state index in [1.54, 1.807) is 0 Å². The summed E-state index contributed by atoms with van der Waals surface area (Å²) >= 11 is 3.47. The van der Waals surface area contributed by atoms with E-state index in [-0.39, 0.29) is 6.04 Å². The summed E-state index contributed by atoms with van der Waals surface area (Å²) in [6.45, 7) is 2.01. The smallest absolute Gasteiger partial charge is 0.170 e. The molecule has 1 unspecified atom stereocenters. The zero-order valence-electron chi connectivity index (χ0n) is 13.0. The Morgan fingerprint density at radius 3 is 2.59 bits per heavy atom. The van der Waals surface area contributed by atoms with Crippen LogP contribution in [0.2, 0.25) is 0 Å². The van der Waals surface area contributed by atoms with Crippen LogP contribution in [0.5, 0.6) is 0 Å². The molecule has 0 spiro atoms. The molecule has 4 heteroatoms. The number of aryl methyl sites for hydroxylation is 1. The van der Waals surface area contributed by atoms with E-state index in [1.807, 2.05) is 19.1 Å². The van der Waals surface area contributed by atoms with Crippen LogP contribution in [0.15, 0.2) is 33.3 Å². The zero-order chi connectivity index (χ0) is 15.5. The molecular formula is C18H23BrN2O. The molecule has 3 nitrogen and oxygen atoms in total. The van der Waals surface area contributed by atoms with E-state index < -0.39 is 0 Å². The van der Waals surface area contributed by atoms with Gasteiger partial charge < -0.3 is 10.3 Å². The van der Waals surface area contributed by atoms with Gasteiger partial charge in [0.2, 0.25) is 0 Å². The van der Waals surface area contributed by atoms with Gasteiger partial charge in [0.15, 0.2) is 5.76 Å². The fraction of sp³-hybridized carbons (Fsp3) is 0.500. The van der Waals surface area contributed by atoms with Crippen LogP contribution in [-0.4, -0.2) is 11.2 Å². The Morgan fingerprint density at radius 2 is 1.91 bits per heavy atom. The Balaban J connectivity index is 1.81. The highest BCUT2D eigenvalue weighted by Crippen LogP contribution is 2.32. The van der Waals surface area contributed by atoms with Crippen LogP contribution >= 0.6 is 15.9 Å². The minimum Gasteiger partial charge on any atom is -0.356 e. The highest BCUT2D eigenvalue weighted by molar-refractivity contribution is 9.10. The van der Waals surface area contributed by atoms with Crippen molar-refractivity contribution in [2.45, 2.75) is 51.5 Å². The van der Waals surface area contributed by atoms with Crippen LogP contribution in [0.3, 0.4) is 0 Å². The van der Waals surface area contributed by atoms with Crippen LogP contribution in [0.25, 0.3) is 11.3 Å². The van der Waals surface area contributed by atoms with Gasteiger partial charge in [-0.15, -0.1) is 0 Å². The molecule has 1 fully saturated rings. The van der Waals surface area contributed by atoms with Gasteiger partial charge in [-0.05, 0) is 44.2 Å². The van der Waals surface area contributed by atoms with Crippen molar-refractivity contribution < 1.29 is 4.52 Å². The first-order valence-electron chi connectivity index (χ1n) is 8.12. The van der Waals surface area contributed by atoms with Gasteiger partial charge in [0.25, 0.3) is 0 Å². The van der Waals surface area contributed by atoms with E-state index in [9.17, 15) is 0 Å². The summed E-state index contributed by atoms with van der Waals surface area (Å²) in [5.74, 6) is 1.51. The summed E-state index contributed by atoms with van der Waals surface area (Å²) < 4.78 is 6.65. The molecule has 0 radical (unpaired) electrons. The molecular weight excluding hydrogens is 340 g/mol. The minimum absolute atomic E-state index is 0.201. The third-order valence-electron chi connectivity index (χ3n) is 4.79. The number of hydrogen-bond acceptors (Lipinski definition) is 3. The van der Waals surface area contributed by atoms with E-state index in [4.69, 9.17) is 10.3 Å². The van der Waals surface area contributed by atoms with Crippen molar-refractivity contribution in [2.75, 3.05) is 0 Å². The van der Waals surface area contributed by atoms with E-state index in [0.29, 0.717) is 5.92 Å². The molecule has 0 aliphatic heterocycles. The second kappa shape index (κ2) is 6.97. The maximum Gasteiger partial charge on any atom is 0.170 e. The molecule has 1 saturated carbocycles. The van der Waals surface area contributed by atoms with Crippen LogP contribution in [0, 0.1) is 12.8 Å². The predicted octanol–water partition coefficient (Wildman–Crippen LogP) is 4.86. The van der Waals surface area contributed by atoms with E-state index in [2.05, 4.69) is 33.2 Å². The first kappa shape index (κ1) is 15.8. The lowest BCUT2D eigenvalue weighted by Crippen LogP contribution is -2.33. The maximum atomic E-state index is 6.50. The Kier molecular flexibility index (Phi) is 4.99. The standard InChI is InChI=1S/C18H23BrN2O/c1-12-16(11-17(20)13-5-3-2-4-6-13)18(22-21-12)14-7-9-15(19)10-8-14/h7-10,13,17H,2-6,11,20H2,1H3. The summed E-state index contributed by atoms with van der Waals surface area (Å²) in [7, 11) is 0. The number of nitrogens with zero attached hydrogens (tertiary/aromatic N) is 1. The fourth-order valence-corrected chi connectivity index (χ4v) is 3.69. The first-order chi connectivity index (χ1) is 10.6. The quantitative estimate of drug-likeness (QED) is 0.844. The van der Waals surface area contributed by atoms with Crippen molar-refractivity contribution in [3.05, 3.63) is 40.0 Å². The van der Waals surface area contributed by atoms with Crippen molar-refractivity contribution in [1.82, 2.24) is 5.16 Å². The summed E-state index contributed by atoms with van der Waals surface area (Å²) in [6.07, 6.45) is 7.38. The van der Waals surface area contributed by atoms with E-state index in [1.165, 1.54) is 37.7 Å². The Bertz CT molecular complexity index is 615. The van der Waals surface area contributed by atoms with Crippen molar-refractivity contribution in [3.8, 4) is 11.3 Å². The fourth-order valence-electron chi connectivity index (χ4n) is 3.42. The van der Waals surface area contributed by atoms with Gasteiger partial charge >= 0.3 is 0 Å². The van der Waals surface area contributed by atoms with Crippen LogP contribution in [-0.2, 0) is 6.42 Å². The number of nitrogens with two attached hydrogens (primary N) is 1. The van der Waals surface area contributed by atoms with Crippen molar-refractivity contribution in [3.63, 3.8) is 0 Å². The van der Waals surface area contributed by atoms with E-state index >= 15 is 0 Å². The summed E-state index contributed by atoms with van der Waals surface area (Å²) in [5.41, 5.74) is 9.70. The third-order valence-corrected chi connectivity index (χ3v) is 5.31. The lowest BCUT2D eigenvalue weighted by molar-refractivity contribution is 0.303. The summed E-state index contributed by atoms with van der Waals surface area (Å²) in [5, 5.41) is 4.17. The highest BCUT2D eigenvalue weighted by Gasteiger charge is 2.24. The molecule has 1 aromatic carbocycles. The van der Waals surface area contributed by atoms with Gasteiger partial charge in [0, 0.05) is 21.6 Å². The Morgan fingerprint density at radius 1 is 1.23 bits per heavy atom. The molecule has 1 heterocycles. The number of hydrogen-bond donors (Lipinski definition) is 1. The number of rotatable bonds is 4. The van der Waals surface area contributed by atoms with Gasteiger partial charge in [-0.2, -0.15) is 0 Å². The molecule has 2 N–H and O–H groups in total. The van der Waals surface area contributed by atoms with Crippen LogP contribution in [0.4, 0.5) is 0 Å². The minimum atomic E-state index is 0.201. The molecule has 0 saturated heterocycles. The van der Waals surface area contributed by atoms with E-state index in [0.717, 1.165) is 27.9 Å². The summed E-state index contributed by atoms with van der Waals surface area (Å²) in [6, 6.07) is 8.36. The average Bonchev–Trinajstić information content (AvgIpc) is 2.90. The lowest BCUT2D eigenvalue weighted by Gasteiger charge is -2.27. The molecule has 0 bridgehead atoms. The molecule has 1 aliphatic carbocycles. The largest absolute Gasteiger partial charge is 0.356 e. The highest BCUT2D eigenvalue weighted by atomic mass is 79.9. The van der Waals surface area contributed by atoms with Crippen LogP contribution in [0.1, 0.15) is 43.4 Å². The number of aromatic nitrogens is 1. The van der Waals surface area contributed by atoms with Crippen LogP contribution < -0.4 is 5.73 Å². The molecule has 1 atom stereocenters. The third kappa shape index (κ3) is 3.44. The SMILES string of the molecule is Cc1noc(-c2ccc(Br)cc2)c1CC(N)C1CCCCC1. The van der Waals surface area contributed by atoms with Gasteiger partial charge in [-0.25, -0.2) is 0 Å². The second-order valence-electron chi connectivity index (χ2n) is 6.35. The molecule has 3 rings (SSSR count). The molecule has 2 aromatic rings. The monoisotopic (exact) mass is 362 g/mol. The molecule has 22 heavy (non-hydrogen) atoms. The van der Waals surface area contributed by atoms with Crippen molar-refractivity contribution in [1.29, 1.82) is 0 Å². The van der Waals surface area contributed by atoms with Crippen molar-refractivity contribution >= 4 is 15.9 Å². The molecule has 1 aliphatic rings. The molecule has 0 amide bonds. The first-order valence-corrected chi connectivity index (χ1v) is 8.91. The Hall–Kier alpha value is -1.13. The molecule has 118 valence electrons. The topological polar surface area (TPSA) is 52.0 Å². The van der Waals surface area contributed by atoms with Crippen molar-refractivity contribution in [2.24, 2.45) is 11.7 Å². The average molecular weight is 363 g/mol. The second-order valence-corrected chi connectivity index (χ2v) is 7.26. The lowest BCUT2D eigenvalue weighted by atomic mass is 9.81. The van der Waals surface area contributed by atoms with Gasteiger partial charge in [0.1, 0.15) is 0 Å². The zero-order valence-corrected chi connectivity index (χ0v) is 14.6. The van der Waals surface area contributed by atoms with Gasteiger partial charge in [-0.3, -0.25) is 0 Å². The molecule has 1 aromatic heterocycles. The number of benzene rings is 1. The normalized spacial score (nSPS) is 17.6. The van der Waals surface area contributed by atoms with Gasteiger partial charge in [0.05, 0.1) is 5.69 Å². The number of halogens is 1. The predicted molar refractivity (Wildman–Crippen MR) is 92.6 cm³/mol.